The predicted molar refractivity (Wildman–Crippen MR) is 46.1 cm³/mol. The van der Waals surface area contributed by atoms with Gasteiger partial charge in [-0.25, -0.2) is 13.6 Å². The highest BCUT2D eigenvalue weighted by Crippen LogP contribution is 2.29. The first-order valence-corrected chi connectivity index (χ1v) is 5.94. The Hall–Kier alpha value is -0.130. The van der Waals surface area contributed by atoms with Crippen molar-refractivity contribution in [1.29, 1.82) is 0 Å². The van der Waals surface area contributed by atoms with Crippen LogP contribution in [0.15, 0.2) is 0 Å². The largest absolute Gasteiger partial charge is 0.311 e. The molecule has 2 bridgehead atoms. The lowest BCUT2D eigenvalue weighted by Gasteiger charge is -2.27. The van der Waals surface area contributed by atoms with Crippen molar-refractivity contribution < 1.29 is 8.42 Å². The number of sulfonamides is 1. The van der Waals surface area contributed by atoms with Crippen LogP contribution in [0, 0.1) is 0 Å². The van der Waals surface area contributed by atoms with E-state index in [1.165, 1.54) is 0 Å². The van der Waals surface area contributed by atoms with Gasteiger partial charge in [-0.1, -0.05) is 0 Å². The average Bonchev–Trinajstić information content (AvgIpc) is 2.28. The van der Waals surface area contributed by atoms with E-state index in [0.29, 0.717) is 24.9 Å². The Balaban J connectivity index is 2.13. The zero-order chi connectivity index (χ0) is 8.77. The lowest BCUT2D eigenvalue weighted by atomic mass is 10.1. The topological polar surface area (TPSA) is 72.2 Å². The summed E-state index contributed by atoms with van der Waals surface area (Å²) in [5.41, 5.74) is 0. The Bertz CT molecular complexity index is 263. The van der Waals surface area contributed by atoms with E-state index in [4.69, 9.17) is 5.14 Å². The summed E-state index contributed by atoms with van der Waals surface area (Å²) in [6.07, 6.45) is 3.62. The SMILES string of the molecule is NS(=O)(=O)C1CC2CC[C@@H](C1)N2. The molecule has 0 aromatic heterocycles. The van der Waals surface area contributed by atoms with E-state index in [0.717, 1.165) is 12.8 Å². The van der Waals surface area contributed by atoms with Gasteiger partial charge in [0.05, 0.1) is 5.25 Å². The summed E-state index contributed by atoms with van der Waals surface area (Å²) >= 11 is 0. The highest BCUT2D eigenvalue weighted by atomic mass is 32.2. The molecular weight excluding hydrogens is 176 g/mol. The molecule has 2 aliphatic heterocycles. The summed E-state index contributed by atoms with van der Waals surface area (Å²) in [4.78, 5) is 0. The smallest absolute Gasteiger partial charge is 0.212 e. The minimum absolute atomic E-state index is 0.295. The summed E-state index contributed by atoms with van der Waals surface area (Å²) in [6.45, 7) is 0. The van der Waals surface area contributed by atoms with E-state index in [9.17, 15) is 8.42 Å². The third-order valence-corrected chi connectivity index (χ3v) is 4.21. The van der Waals surface area contributed by atoms with Gasteiger partial charge in [0.2, 0.25) is 10.0 Å². The molecule has 2 fully saturated rings. The number of nitrogens with one attached hydrogen (secondary N) is 1. The van der Waals surface area contributed by atoms with E-state index in [-0.39, 0.29) is 5.25 Å². The molecule has 0 amide bonds. The van der Waals surface area contributed by atoms with Crippen LogP contribution in [0.2, 0.25) is 0 Å². The molecule has 0 radical (unpaired) electrons. The van der Waals surface area contributed by atoms with Gasteiger partial charge in [0, 0.05) is 12.1 Å². The second-order valence-corrected chi connectivity index (χ2v) is 5.67. The molecule has 0 spiro atoms. The molecule has 2 aliphatic rings. The van der Waals surface area contributed by atoms with Crippen LogP contribution in [-0.4, -0.2) is 25.8 Å². The minimum Gasteiger partial charge on any atom is -0.311 e. The monoisotopic (exact) mass is 190 g/mol. The Morgan fingerprint density at radius 3 is 2.08 bits per heavy atom. The van der Waals surface area contributed by atoms with Gasteiger partial charge in [0.25, 0.3) is 0 Å². The average molecular weight is 190 g/mol. The normalized spacial score (nSPS) is 41.6. The van der Waals surface area contributed by atoms with Gasteiger partial charge >= 0.3 is 0 Å². The molecule has 4 nitrogen and oxygen atoms in total. The highest BCUT2D eigenvalue weighted by molar-refractivity contribution is 7.89. The van der Waals surface area contributed by atoms with E-state index in [2.05, 4.69) is 5.32 Å². The highest BCUT2D eigenvalue weighted by Gasteiger charge is 2.37. The molecule has 12 heavy (non-hydrogen) atoms. The molecule has 5 heteroatoms. The Morgan fingerprint density at radius 1 is 1.17 bits per heavy atom. The van der Waals surface area contributed by atoms with E-state index < -0.39 is 10.0 Å². The van der Waals surface area contributed by atoms with Crippen LogP contribution in [0.3, 0.4) is 0 Å². The van der Waals surface area contributed by atoms with E-state index in [1.54, 1.807) is 0 Å². The Labute approximate surface area is 72.6 Å². The van der Waals surface area contributed by atoms with Crippen molar-refractivity contribution in [3.05, 3.63) is 0 Å². The summed E-state index contributed by atoms with van der Waals surface area (Å²) in [7, 11) is -3.29. The van der Waals surface area contributed by atoms with Crippen molar-refractivity contribution in [3.8, 4) is 0 Å². The molecule has 0 aromatic rings. The zero-order valence-electron chi connectivity index (χ0n) is 6.86. The van der Waals surface area contributed by atoms with Gasteiger partial charge < -0.3 is 5.32 Å². The molecule has 0 aromatic carbocycles. The Morgan fingerprint density at radius 2 is 1.67 bits per heavy atom. The summed E-state index contributed by atoms with van der Waals surface area (Å²) < 4.78 is 22.1. The maximum atomic E-state index is 11.1. The van der Waals surface area contributed by atoms with Crippen LogP contribution < -0.4 is 10.5 Å². The fourth-order valence-corrected chi connectivity index (χ4v) is 3.27. The maximum absolute atomic E-state index is 11.1. The molecule has 0 aliphatic carbocycles. The summed E-state index contributed by atoms with van der Waals surface area (Å²) in [5.74, 6) is 0. The van der Waals surface area contributed by atoms with E-state index >= 15 is 0 Å². The van der Waals surface area contributed by atoms with Gasteiger partial charge in [-0.15, -0.1) is 0 Å². The molecule has 2 rings (SSSR count). The van der Waals surface area contributed by atoms with Gasteiger partial charge in [0.15, 0.2) is 0 Å². The van der Waals surface area contributed by atoms with Crippen molar-refractivity contribution in [1.82, 2.24) is 5.32 Å². The van der Waals surface area contributed by atoms with Crippen LogP contribution in [0.1, 0.15) is 25.7 Å². The van der Waals surface area contributed by atoms with Gasteiger partial charge in [-0.2, -0.15) is 0 Å². The van der Waals surface area contributed by atoms with Crippen molar-refractivity contribution in [2.75, 3.05) is 0 Å². The number of rotatable bonds is 1. The summed E-state index contributed by atoms with van der Waals surface area (Å²) in [5, 5.41) is 8.18. The second-order valence-electron chi connectivity index (χ2n) is 3.82. The van der Waals surface area contributed by atoms with Gasteiger partial charge in [-0.05, 0) is 25.7 Å². The molecule has 2 unspecified atom stereocenters. The van der Waals surface area contributed by atoms with Crippen LogP contribution in [0.5, 0.6) is 0 Å². The first kappa shape index (κ1) is 8.47. The van der Waals surface area contributed by atoms with Crippen LogP contribution in [0.4, 0.5) is 0 Å². The molecule has 70 valence electrons. The van der Waals surface area contributed by atoms with Crippen LogP contribution in [0.25, 0.3) is 0 Å². The number of fused-ring (bicyclic) bond motifs is 2. The van der Waals surface area contributed by atoms with Crippen LogP contribution in [-0.2, 0) is 10.0 Å². The molecular formula is C7H14N2O2S. The number of piperidine rings is 1. The predicted octanol–water partition coefficient (Wildman–Crippen LogP) is -0.442. The lowest BCUT2D eigenvalue weighted by Crippen LogP contribution is -2.45. The quantitative estimate of drug-likeness (QED) is 0.588. The molecule has 0 saturated carbocycles. The van der Waals surface area contributed by atoms with Crippen molar-refractivity contribution >= 4 is 10.0 Å². The minimum atomic E-state index is -3.29. The number of primary sulfonamides is 1. The van der Waals surface area contributed by atoms with Crippen molar-refractivity contribution in [3.63, 3.8) is 0 Å². The third-order valence-electron chi connectivity index (χ3n) is 2.89. The van der Waals surface area contributed by atoms with Crippen molar-refractivity contribution in [2.45, 2.75) is 43.0 Å². The fraction of sp³-hybridized carbons (Fsp3) is 1.00. The molecule has 2 heterocycles. The van der Waals surface area contributed by atoms with E-state index in [1.807, 2.05) is 0 Å². The molecule has 2 saturated heterocycles. The molecule has 3 atom stereocenters. The first-order valence-electron chi connectivity index (χ1n) is 4.33. The zero-order valence-corrected chi connectivity index (χ0v) is 7.68. The van der Waals surface area contributed by atoms with Gasteiger partial charge in [-0.3, -0.25) is 0 Å². The number of nitrogens with two attached hydrogens (primary N) is 1. The van der Waals surface area contributed by atoms with Crippen LogP contribution >= 0.6 is 0 Å². The lowest BCUT2D eigenvalue weighted by molar-refractivity contribution is 0.401. The second kappa shape index (κ2) is 2.68. The third kappa shape index (κ3) is 1.48. The fourth-order valence-electron chi connectivity index (χ4n) is 2.27. The molecule has 3 N–H and O–H groups in total. The number of hydrogen-bond donors (Lipinski definition) is 2. The van der Waals surface area contributed by atoms with Gasteiger partial charge in [0.1, 0.15) is 0 Å². The van der Waals surface area contributed by atoms with Crippen molar-refractivity contribution in [2.24, 2.45) is 5.14 Å². The Kier molecular flexibility index (Phi) is 1.89. The maximum Gasteiger partial charge on any atom is 0.212 e. The summed E-state index contributed by atoms with van der Waals surface area (Å²) in [6, 6.07) is 0.791. The standard InChI is InChI=1S/C7H14N2O2S/c8-12(10,11)7-3-5-1-2-6(4-7)9-5/h5-7,9H,1-4H2,(H2,8,10,11)/t5-,6?,7?/m0/s1. The number of hydrogen-bond acceptors (Lipinski definition) is 3. The first-order chi connectivity index (χ1) is 5.55.